The Morgan fingerprint density at radius 1 is 1.28 bits per heavy atom. The predicted octanol–water partition coefficient (Wildman–Crippen LogP) is 2.97. The van der Waals surface area contributed by atoms with E-state index >= 15 is 0 Å². The van der Waals surface area contributed by atoms with E-state index < -0.39 is 0 Å². The molecule has 0 saturated heterocycles. The Kier molecular flexibility index (Phi) is 5.47. The lowest BCUT2D eigenvalue weighted by molar-refractivity contribution is 0.262. The minimum atomic E-state index is -0.211. The average Bonchev–Trinajstić information content (AvgIpc) is 2.33. The minimum Gasteiger partial charge on any atom is -0.496 e. The smallest absolute Gasteiger partial charge is 0.287 e. The number of nitrogens with one attached hydrogen (secondary N) is 1. The molecule has 100 valence electrons. The van der Waals surface area contributed by atoms with E-state index in [-0.39, 0.29) is 4.82 Å². The summed E-state index contributed by atoms with van der Waals surface area (Å²) in [5.41, 5.74) is 3.17. The molecular formula is C13H18BrNO3. The van der Waals surface area contributed by atoms with Crippen LogP contribution in [0, 0.1) is 13.8 Å². The highest BCUT2D eigenvalue weighted by molar-refractivity contribution is 9.18. The Bertz CT molecular complexity index is 446. The number of hydrogen-bond acceptors (Lipinski definition) is 3. The second kappa shape index (κ2) is 6.64. The Morgan fingerprint density at radius 2 is 1.94 bits per heavy atom. The second-order valence-corrected chi connectivity index (χ2v) is 4.69. The van der Waals surface area contributed by atoms with Crippen LogP contribution in [-0.4, -0.2) is 25.6 Å². The molecule has 0 aromatic heterocycles. The van der Waals surface area contributed by atoms with Crippen molar-refractivity contribution in [3.05, 3.63) is 22.8 Å². The van der Waals surface area contributed by atoms with Crippen molar-refractivity contribution in [2.45, 2.75) is 20.3 Å². The van der Waals surface area contributed by atoms with Crippen LogP contribution in [-0.2, 0) is 6.42 Å². The van der Waals surface area contributed by atoms with Crippen molar-refractivity contribution in [1.29, 1.82) is 0 Å². The largest absolute Gasteiger partial charge is 0.496 e. The van der Waals surface area contributed by atoms with Gasteiger partial charge in [-0.2, -0.15) is 0 Å². The Hall–Kier alpha value is -1.23. The van der Waals surface area contributed by atoms with Gasteiger partial charge in [-0.25, -0.2) is 0 Å². The maximum atomic E-state index is 10.8. The van der Waals surface area contributed by atoms with Gasteiger partial charge >= 0.3 is 0 Å². The molecule has 1 rings (SSSR count). The summed E-state index contributed by atoms with van der Waals surface area (Å²) in [4.78, 5) is 10.6. The molecule has 0 aliphatic carbocycles. The Labute approximate surface area is 116 Å². The highest BCUT2D eigenvalue weighted by atomic mass is 79.9. The molecule has 0 spiro atoms. The molecule has 0 saturated carbocycles. The molecule has 0 aliphatic rings. The quantitative estimate of drug-likeness (QED) is 0.671. The van der Waals surface area contributed by atoms with E-state index in [0.29, 0.717) is 13.0 Å². The summed E-state index contributed by atoms with van der Waals surface area (Å²) in [6.07, 6.45) is 0.692. The SMILES string of the molecule is COc1cc(CCNC(=O)Br)c(OC)c(C)c1C. The molecule has 1 amide bonds. The predicted molar refractivity (Wildman–Crippen MR) is 75.0 cm³/mol. The fourth-order valence-corrected chi connectivity index (χ4v) is 2.10. The highest BCUT2D eigenvalue weighted by Gasteiger charge is 2.13. The lowest BCUT2D eigenvalue weighted by atomic mass is 10.0. The lowest BCUT2D eigenvalue weighted by Crippen LogP contribution is -2.19. The average molecular weight is 316 g/mol. The fourth-order valence-electron chi connectivity index (χ4n) is 1.91. The zero-order valence-electron chi connectivity index (χ0n) is 11.1. The van der Waals surface area contributed by atoms with Gasteiger partial charge in [0.25, 0.3) is 4.82 Å². The van der Waals surface area contributed by atoms with Gasteiger partial charge in [0.1, 0.15) is 11.5 Å². The van der Waals surface area contributed by atoms with Crippen LogP contribution >= 0.6 is 15.9 Å². The molecule has 5 heteroatoms. The van der Waals surface area contributed by atoms with Gasteiger partial charge in [-0.1, -0.05) is 0 Å². The van der Waals surface area contributed by atoms with Crippen molar-refractivity contribution >= 4 is 20.7 Å². The van der Waals surface area contributed by atoms with Gasteiger partial charge in [-0.3, -0.25) is 4.79 Å². The van der Waals surface area contributed by atoms with Crippen molar-refractivity contribution in [3.8, 4) is 11.5 Å². The van der Waals surface area contributed by atoms with Crippen LogP contribution in [0.4, 0.5) is 4.79 Å². The molecule has 0 bridgehead atoms. The van der Waals surface area contributed by atoms with Crippen LogP contribution in [0.25, 0.3) is 0 Å². The first kappa shape index (κ1) is 14.8. The maximum Gasteiger partial charge on any atom is 0.287 e. The topological polar surface area (TPSA) is 47.6 Å². The summed E-state index contributed by atoms with van der Waals surface area (Å²) in [5, 5.41) is 2.70. The van der Waals surface area contributed by atoms with Gasteiger partial charge in [0.15, 0.2) is 0 Å². The third kappa shape index (κ3) is 3.38. The van der Waals surface area contributed by atoms with Crippen LogP contribution in [0.2, 0.25) is 0 Å². The van der Waals surface area contributed by atoms with Gasteiger partial charge in [0, 0.05) is 22.5 Å². The molecule has 0 atom stereocenters. The van der Waals surface area contributed by atoms with Gasteiger partial charge in [0.05, 0.1) is 14.2 Å². The normalized spacial score (nSPS) is 10.1. The third-order valence-corrected chi connectivity index (χ3v) is 3.23. The molecule has 1 N–H and O–H groups in total. The van der Waals surface area contributed by atoms with Crippen LogP contribution in [0.5, 0.6) is 11.5 Å². The summed E-state index contributed by atoms with van der Waals surface area (Å²) < 4.78 is 10.8. The number of methoxy groups -OCH3 is 2. The third-order valence-electron chi connectivity index (χ3n) is 2.95. The molecule has 0 heterocycles. The summed E-state index contributed by atoms with van der Waals surface area (Å²) >= 11 is 2.83. The summed E-state index contributed by atoms with van der Waals surface area (Å²) in [5.74, 6) is 1.70. The molecule has 0 radical (unpaired) electrons. The molecule has 18 heavy (non-hydrogen) atoms. The summed E-state index contributed by atoms with van der Waals surface area (Å²) in [7, 11) is 3.30. The maximum absolute atomic E-state index is 10.8. The zero-order valence-corrected chi connectivity index (χ0v) is 12.7. The minimum absolute atomic E-state index is 0.211. The molecule has 1 aromatic carbocycles. The Balaban J connectivity index is 3.01. The van der Waals surface area contributed by atoms with Gasteiger partial charge in [-0.15, -0.1) is 0 Å². The van der Waals surface area contributed by atoms with E-state index in [1.54, 1.807) is 14.2 Å². The van der Waals surface area contributed by atoms with Gasteiger partial charge < -0.3 is 14.8 Å². The molecular weight excluding hydrogens is 298 g/mol. The van der Waals surface area contributed by atoms with E-state index in [2.05, 4.69) is 21.2 Å². The number of carbonyl (C=O) groups excluding carboxylic acids is 1. The number of hydrogen-bond donors (Lipinski definition) is 1. The number of halogens is 1. The van der Waals surface area contributed by atoms with Crippen molar-refractivity contribution in [1.82, 2.24) is 5.32 Å². The number of rotatable bonds is 5. The highest BCUT2D eigenvalue weighted by Crippen LogP contribution is 2.33. The Morgan fingerprint density at radius 3 is 2.44 bits per heavy atom. The monoisotopic (exact) mass is 315 g/mol. The van der Waals surface area contributed by atoms with Gasteiger partial charge in [0.2, 0.25) is 0 Å². The fraction of sp³-hybridized carbons (Fsp3) is 0.462. The van der Waals surface area contributed by atoms with Crippen LogP contribution in [0.15, 0.2) is 6.07 Å². The van der Waals surface area contributed by atoms with E-state index in [0.717, 1.165) is 28.2 Å². The number of amides is 1. The van der Waals surface area contributed by atoms with E-state index in [1.807, 2.05) is 19.9 Å². The molecule has 4 nitrogen and oxygen atoms in total. The van der Waals surface area contributed by atoms with Crippen LogP contribution in [0.3, 0.4) is 0 Å². The molecule has 0 unspecified atom stereocenters. The molecule has 0 fully saturated rings. The molecule has 1 aromatic rings. The standard InChI is InChI=1S/C13H18BrNO3/c1-8-9(2)12(18-4)10(7-11(8)17-3)5-6-15-13(14)16/h7H,5-6H2,1-4H3,(H,15,16). The lowest BCUT2D eigenvalue weighted by Gasteiger charge is -2.16. The van der Waals surface area contributed by atoms with E-state index in [1.165, 1.54) is 0 Å². The van der Waals surface area contributed by atoms with Crippen molar-refractivity contribution < 1.29 is 14.3 Å². The van der Waals surface area contributed by atoms with Crippen LogP contribution < -0.4 is 14.8 Å². The van der Waals surface area contributed by atoms with Crippen LogP contribution in [0.1, 0.15) is 16.7 Å². The second-order valence-electron chi connectivity index (χ2n) is 3.97. The summed E-state index contributed by atoms with van der Waals surface area (Å²) in [6.45, 7) is 4.55. The zero-order chi connectivity index (χ0) is 13.7. The van der Waals surface area contributed by atoms with Crippen molar-refractivity contribution in [2.75, 3.05) is 20.8 Å². The van der Waals surface area contributed by atoms with Crippen molar-refractivity contribution in [2.24, 2.45) is 0 Å². The number of benzene rings is 1. The van der Waals surface area contributed by atoms with E-state index in [4.69, 9.17) is 9.47 Å². The summed E-state index contributed by atoms with van der Waals surface area (Å²) in [6, 6.07) is 1.96. The first-order chi connectivity index (χ1) is 8.51. The van der Waals surface area contributed by atoms with E-state index in [9.17, 15) is 4.79 Å². The molecule has 0 aliphatic heterocycles. The van der Waals surface area contributed by atoms with Gasteiger partial charge in [-0.05, 0) is 43.0 Å². The number of carbonyl (C=O) groups is 1. The first-order valence-electron chi connectivity index (χ1n) is 5.65. The number of ether oxygens (including phenoxy) is 2. The first-order valence-corrected chi connectivity index (χ1v) is 6.45. The van der Waals surface area contributed by atoms with Crippen molar-refractivity contribution in [3.63, 3.8) is 0 Å².